The molecular weight excluding hydrogens is 318 g/mol. The minimum atomic E-state index is -0.109. The zero-order valence-corrected chi connectivity index (χ0v) is 13.7. The zero-order chi connectivity index (χ0) is 17.6. The van der Waals surface area contributed by atoms with Crippen molar-refractivity contribution in [1.82, 2.24) is 25.1 Å². The molecule has 0 bridgehead atoms. The monoisotopic (exact) mass is 335 g/mol. The van der Waals surface area contributed by atoms with Crippen LogP contribution in [0.3, 0.4) is 0 Å². The molecule has 2 N–H and O–H groups in total. The molecule has 0 aliphatic rings. The van der Waals surface area contributed by atoms with E-state index < -0.39 is 0 Å². The van der Waals surface area contributed by atoms with Gasteiger partial charge in [0.1, 0.15) is 12.1 Å². The number of hydrogen-bond acceptors (Lipinski definition) is 6. The first-order valence-electron chi connectivity index (χ1n) is 7.81. The van der Waals surface area contributed by atoms with E-state index in [1.807, 2.05) is 12.1 Å². The second-order valence-corrected chi connectivity index (χ2v) is 5.36. The van der Waals surface area contributed by atoms with Crippen molar-refractivity contribution in [2.45, 2.75) is 19.5 Å². The average molecular weight is 335 g/mol. The van der Waals surface area contributed by atoms with Gasteiger partial charge >= 0.3 is 0 Å². The smallest absolute Gasteiger partial charge is 0.251 e. The van der Waals surface area contributed by atoms with Gasteiger partial charge in [0.2, 0.25) is 0 Å². The summed E-state index contributed by atoms with van der Waals surface area (Å²) in [5.74, 6) is 0.574. The number of hydrogen-bond donors (Lipinski definition) is 2. The summed E-state index contributed by atoms with van der Waals surface area (Å²) in [6, 6.07) is 9.46. The summed E-state index contributed by atoms with van der Waals surface area (Å²) in [5, 5.41) is 19.6. The van der Waals surface area contributed by atoms with Gasteiger partial charge in [0, 0.05) is 19.2 Å². The van der Waals surface area contributed by atoms with Crippen LogP contribution in [0.1, 0.15) is 22.3 Å². The third-order valence-electron chi connectivity index (χ3n) is 3.77. The Kier molecular flexibility index (Phi) is 4.85. The number of fused-ring (bicyclic) bond motifs is 1. The van der Waals surface area contributed by atoms with Crippen LogP contribution < -0.4 is 10.6 Å². The minimum absolute atomic E-state index is 0.109. The fourth-order valence-electron chi connectivity index (χ4n) is 2.46. The maximum absolute atomic E-state index is 11.6. The predicted molar refractivity (Wildman–Crippen MR) is 92.7 cm³/mol. The molecule has 0 radical (unpaired) electrons. The Morgan fingerprint density at radius 3 is 2.80 bits per heavy atom. The Hall–Kier alpha value is -3.47. The van der Waals surface area contributed by atoms with E-state index in [9.17, 15) is 4.79 Å². The number of nitrogens with one attached hydrogen (secondary N) is 2. The van der Waals surface area contributed by atoms with Gasteiger partial charge in [-0.25, -0.2) is 14.6 Å². The van der Waals surface area contributed by atoms with Crippen LogP contribution in [-0.2, 0) is 13.1 Å². The number of nitrogens with zero attached hydrogens (tertiary/aromatic N) is 5. The maximum atomic E-state index is 11.6. The number of rotatable bonds is 6. The van der Waals surface area contributed by atoms with Crippen molar-refractivity contribution in [3.8, 4) is 6.07 Å². The van der Waals surface area contributed by atoms with Gasteiger partial charge in [0.25, 0.3) is 5.91 Å². The summed E-state index contributed by atoms with van der Waals surface area (Å²) in [6.45, 7) is 1.06. The summed E-state index contributed by atoms with van der Waals surface area (Å²) in [4.78, 5) is 20.1. The summed E-state index contributed by atoms with van der Waals surface area (Å²) in [7, 11) is 1.61. The lowest BCUT2D eigenvalue weighted by molar-refractivity contribution is 0.0963. The number of amides is 1. The van der Waals surface area contributed by atoms with Gasteiger partial charge in [0.05, 0.1) is 30.6 Å². The molecule has 0 aliphatic heterocycles. The standard InChI is InChI=1S/C17H17N7O/c1-19-17(25)13-5-3-12(4-6-13)9-20-15-14-10-23-24(8-2-7-18)16(14)22-11-21-15/h3-6,10-11H,2,8-9H2,1H3,(H,19,25)(H,20,21,22). The van der Waals surface area contributed by atoms with Gasteiger partial charge in [-0.1, -0.05) is 12.1 Å². The van der Waals surface area contributed by atoms with Crippen LogP contribution in [0, 0.1) is 11.3 Å². The lowest BCUT2D eigenvalue weighted by atomic mass is 10.1. The van der Waals surface area contributed by atoms with E-state index in [0.717, 1.165) is 10.9 Å². The van der Waals surface area contributed by atoms with Crippen LogP contribution >= 0.6 is 0 Å². The Balaban J connectivity index is 1.74. The summed E-state index contributed by atoms with van der Waals surface area (Å²) >= 11 is 0. The number of carbonyl (C=O) groups is 1. The largest absolute Gasteiger partial charge is 0.365 e. The highest BCUT2D eigenvalue weighted by Gasteiger charge is 2.09. The fourth-order valence-corrected chi connectivity index (χ4v) is 2.46. The number of aryl methyl sites for hydroxylation is 1. The SMILES string of the molecule is CNC(=O)c1ccc(CNc2ncnc3c2cnn3CCC#N)cc1. The van der Waals surface area contributed by atoms with E-state index in [2.05, 4.69) is 31.8 Å². The molecular formula is C17H17N7O. The topological polar surface area (TPSA) is 109 Å². The zero-order valence-electron chi connectivity index (χ0n) is 13.7. The molecule has 0 saturated heterocycles. The molecule has 8 nitrogen and oxygen atoms in total. The molecule has 25 heavy (non-hydrogen) atoms. The number of nitriles is 1. The first kappa shape index (κ1) is 16.4. The van der Waals surface area contributed by atoms with Crippen LogP contribution in [0.4, 0.5) is 5.82 Å². The highest BCUT2D eigenvalue weighted by Crippen LogP contribution is 2.19. The summed E-state index contributed by atoms with van der Waals surface area (Å²) in [6.07, 6.45) is 3.55. The van der Waals surface area contributed by atoms with Crippen LogP contribution in [-0.4, -0.2) is 32.7 Å². The van der Waals surface area contributed by atoms with Crippen molar-refractivity contribution in [2.24, 2.45) is 0 Å². The predicted octanol–water partition coefficient (Wildman–Crippen LogP) is 1.71. The Bertz CT molecular complexity index is 924. The summed E-state index contributed by atoms with van der Waals surface area (Å²) < 4.78 is 1.70. The Morgan fingerprint density at radius 1 is 1.28 bits per heavy atom. The highest BCUT2D eigenvalue weighted by atomic mass is 16.1. The molecule has 0 fully saturated rings. The van der Waals surface area contributed by atoms with E-state index in [4.69, 9.17) is 5.26 Å². The van der Waals surface area contributed by atoms with Gasteiger partial charge in [-0.05, 0) is 17.7 Å². The average Bonchev–Trinajstić information content (AvgIpc) is 3.08. The van der Waals surface area contributed by atoms with E-state index in [-0.39, 0.29) is 5.91 Å². The van der Waals surface area contributed by atoms with E-state index in [0.29, 0.717) is 36.5 Å². The molecule has 3 aromatic rings. The molecule has 0 saturated carbocycles. The molecule has 2 aromatic heterocycles. The number of carbonyl (C=O) groups excluding carboxylic acids is 1. The fraction of sp³-hybridized carbons (Fsp3) is 0.235. The van der Waals surface area contributed by atoms with Gasteiger partial charge in [-0.15, -0.1) is 0 Å². The van der Waals surface area contributed by atoms with Crippen LogP contribution in [0.25, 0.3) is 11.0 Å². The second kappa shape index (κ2) is 7.40. The molecule has 3 rings (SSSR count). The molecule has 1 amide bonds. The van der Waals surface area contributed by atoms with Gasteiger partial charge in [-0.2, -0.15) is 10.4 Å². The van der Waals surface area contributed by atoms with Crippen molar-refractivity contribution < 1.29 is 4.79 Å². The second-order valence-electron chi connectivity index (χ2n) is 5.36. The first-order chi connectivity index (χ1) is 12.2. The molecule has 126 valence electrons. The van der Waals surface area contributed by atoms with Crippen molar-refractivity contribution in [3.63, 3.8) is 0 Å². The van der Waals surface area contributed by atoms with E-state index >= 15 is 0 Å². The number of benzene rings is 1. The molecule has 0 unspecified atom stereocenters. The van der Waals surface area contributed by atoms with E-state index in [1.54, 1.807) is 30.1 Å². The molecule has 1 aromatic carbocycles. The van der Waals surface area contributed by atoms with Crippen LogP contribution in [0.5, 0.6) is 0 Å². The minimum Gasteiger partial charge on any atom is -0.365 e. The molecule has 0 spiro atoms. The van der Waals surface area contributed by atoms with Crippen molar-refractivity contribution in [2.75, 3.05) is 12.4 Å². The lowest BCUT2D eigenvalue weighted by Crippen LogP contribution is -2.17. The lowest BCUT2D eigenvalue weighted by Gasteiger charge is -2.07. The van der Waals surface area contributed by atoms with Gasteiger partial charge in [-0.3, -0.25) is 4.79 Å². The number of aromatic nitrogens is 4. The molecule has 0 aliphatic carbocycles. The molecule has 0 atom stereocenters. The van der Waals surface area contributed by atoms with Crippen molar-refractivity contribution in [1.29, 1.82) is 5.26 Å². The quantitative estimate of drug-likeness (QED) is 0.710. The first-order valence-corrected chi connectivity index (χ1v) is 7.81. The third kappa shape index (κ3) is 3.55. The normalized spacial score (nSPS) is 10.4. The Morgan fingerprint density at radius 2 is 2.08 bits per heavy atom. The summed E-state index contributed by atoms with van der Waals surface area (Å²) in [5.41, 5.74) is 2.34. The van der Waals surface area contributed by atoms with Gasteiger partial charge in [0.15, 0.2) is 5.65 Å². The Labute approximate surface area is 144 Å². The van der Waals surface area contributed by atoms with Crippen LogP contribution in [0.2, 0.25) is 0 Å². The van der Waals surface area contributed by atoms with E-state index in [1.165, 1.54) is 6.33 Å². The van der Waals surface area contributed by atoms with Crippen molar-refractivity contribution in [3.05, 3.63) is 47.9 Å². The number of anilines is 1. The van der Waals surface area contributed by atoms with Gasteiger partial charge < -0.3 is 10.6 Å². The third-order valence-corrected chi connectivity index (χ3v) is 3.77. The molecule has 2 heterocycles. The maximum Gasteiger partial charge on any atom is 0.251 e. The van der Waals surface area contributed by atoms with Crippen molar-refractivity contribution >= 4 is 22.8 Å². The molecule has 8 heteroatoms. The highest BCUT2D eigenvalue weighted by molar-refractivity contribution is 5.94. The van der Waals surface area contributed by atoms with Crippen LogP contribution in [0.15, 0.2) is 36.8 Å².